The molecule has 0 radical (unpaired) electrons. The molecule has 2 aromatic rings. The molecule has 0 atom stereocenters. The van der Waals surface area contributed by atoms with Gasteiger partial charge in [-0.3, -0.25) is 4.79 Å². The van der Waals surface area contributed by atoms with Gasteiger partial charge in [0.25, 0.3) is 5.91 Å². The van der Waals surface area contributed by atoms with Gasteiger partial charge < -0.3 is 10.2 Å². The van der Waals surface area contributed by atoms with Crippen LogP contribution < -0.4 is 10.5 Å². The molecule has 0 saturated carbocycles. The van der Waals surface area contributed by atoms with Gasteiger partial charge in [-0.15, -0.1) is 0 Å². The van der Waals surface area contributed by atoms with E-state index in [-0.39, 0.29) is 18.0 Å². The molecule has 7 nitrogen and oxygen atoms in total. The summed E-state index contributed by atoms with van der Waals surface area (Å²) < 4.78 is 30.7. The van der Waals surface area contributed by atoms with E-state index >= 15 is 0 Å². The number of nitrogens with one attached hydrogen (secondary N) is 1. The monoisotopic (exact) mass is 323 g/mol. The number of carbonyl (C=O) groups excluding carboxylic acids is 1. The van der Waals surface area contributed by atoms with E-state index in [2.05, 4.69) is 9.71 Å². The smallest absolute Gasteiger partial charge is 0.271 e. The molecule has 2 rings (SSSR count). The fourth-order valence-corrected chi connectivity index (χ4v) is 2.45. The van der Waals surface area contributed by atoms with Crippen molar-refractivity contribution in [2.24, 2.45) is 5.73 Å². The van der Waals surface area contributed by atoms with Gasteiger partial charge in [-0.25, -0.2) is 18.1 Å². The van der Waals surface area contributed by atoms with Crippen molar-refractivity contribution in [2.75, 3.05) is 5.75 Å². The van der Waals surface area contributed by atoms with E-state index in [4.69, 9.17) is 10.2 Å². The second-order valence-corrected chi connectivity index (χ2v) is 6.79. The maximum Gasteiger partial charge on any atom is 0.271 e. The van der Waals surface area contributed by atoms with Gasteiger partial charge in [-0.1, -0.05) is 24.3 Å². The third kappa shape index (κ3) is 3.71. The van der Waals surface area contributed by atoms with Crippen molar-refractivity contribution in [2.45, 2.75) is 20.4 Å². The molecule has 1 amide bonds. The molecule has 22 heavy (non-hydrogen) atoms. The molecule has 1 heterocycles. The first kappa shape index (κ1) is 16.2. The zero-order valence-corrected chi connectivity index (χ0v) is 13.1. The first-order chi connectivity index (χ1) is 10.3. The number of hydrogen-bond acceptors (Lipinski definition) is 5. The molecule has 8 heteroatoms. The topological polar surface area (TPSA) is 115 Å². The number of benzene rings is 1. The summed E-state index contributed by atoms with van der Waals surface area (Å²) in [5.74, 6) is 0.0330. The number of nitrogens with zero attached hydrogens (tertiary/aromatic N) is 1. The van der Waals surface area contributed by atoms with Crippen LogP contribution in [0, 0.1) is 6.92 Å². The average molecular weight is 323 g/mol. The van der Waals surface area contributed by atoms with Crippen LogP contribution in [0.3, 0.4) is 0 Å². The van der Waals surface area contributed by atoms with Crippen molar-refractivity contribution in [3.63, 3.8) is 0 Å². The fourth-order valence-electron chi connectivity index (χ4n) is 1.86. The van der Waals surface area contributed by atoms with Crippen molar-refractivity contribution < 1.29 is 17.6 Å². The molecule has 0 aliphatic rings. The normalized spacial score (nSPS) is 11.5. The minimum atomic E-state index is -3.23. The summed E-state index contributed by atoms with van der Waals surface area (Å²) in [6.07, 6.45) is 0. The Morgan fingerprint density at radius 3 is 2.50 bits per heavy atom. The number of aromatic nitrogens is 1. The highest BCUT2D eigenvalue weighted by Crippen LogP contribution is 2.25. The third-order valence-electron chi connectivity index (χ3n) is 3.06. The predicted molar refractivity (Wildman–Crippen MR) is 81.5 cm³/mol. The van der Waals surface area contributed by atoms with Crippen molar-refractivity contribution >= 4 is 15.9 Å². The second kappa shape index (κ2) is 6.29. The zero-order chi connectivity index (χ0) is 16.3. The molecule has 1 aromatic heterocycles. The number of primary amides is 1. The molecule has 0 spiro atoms. The number of amides is 1. The van der Waals surface area contributed by atoms with Crippen molar-refractivity contribution in [1.82, 2.24) is 9.71 Å². The Balaban J connectivity index is 2.21. The Labute approximate surface area is 128 Å². The van der Waals surface area contributed by atoms with Crippen LogP contribution in [0.15, 0.2) is 28.7 Å². The lowest BCUT2D eigenvalue weighted by Crippen LogP contribution is -2.24. The lowest BCUT2D eigenvalue weighted by Gasteiger charge is -2.05. The van der Waals surface area contributed by atoms with E-state index in [9.17, 15) is 13.2 Å². The SMILES string of the molecule is CCS(=O)(=O)NCc1ccc(-c2oc(C)nc2C(N)=O)cc1. The van der Waals surface area contributed by atoms with E-state index in [1.807, 2.05) is 0 Å². The molecule has 1 aromatic carbocycles. The Morgan fingerprint density at radius 2 is 1.95 bits per heavy atom. The summed E-state index contributed by atoms with van der Waals surface area (Å²) in [5, 5.41) is 0. The van der Waals surface area contributed by atoms with Crippen LogP contribution in [0.5, 0.6) is 0 Å². The molecule has 0 aliphatic heterocycles. The average Bonchev–Trinajstić information content (AvgIpc) is 2.88. The van der Waals surface area contributed by atoms with Crippen LogP contribution in [-0.2, 0) is 16.6 Å². The van der Waals surface area contributed by atoms with Crippen molar-refractivity contribution in [3.8, 4) is 11.3 Å². The summed E-state index contributed by atoms with van der Waals surface area (Å²) >= 11 is 0. The van der Waals surface area contributed by atoms with Crippen molar-refractivity contribution in [3.05, 3.63) is 41.4 Å². The van der Waals surface area contributed by atoms with E-state index in [0.717, 1.165) is 5.56 Å². The Hall–Kier alpha value is -2.19. The summed E-state index contributed by atoms with van der Waals surface area (Å²) in [6, 6.07) is 6.94. The van der Waals surface area contributed by atoms with Gasteiger partial charge in [-0.2, -0.15) is 0 Å². The molecule has 0 unspecified atom stereocenters. The van der Waals surface area contributed by atoms with Gasteiger partial charge >= 0.3 is 0 Å². The highest BCUT2D eigenvalue weighted by Gasteiger charge is 2.17. The minimum absolute atomic E-state index is 0.0321. The Morgan fingerprint density at radius 1 is 1.32 bits per heavy atom. The number of rotatable bonds is 6. The van der Waals surface area contributed by atoms with Crippen LogP contribution >= 0.6 is 0 Å². The van der Waals surface area contributed by atoms with Crippen LogP contribution in [-0.4, -0.2) is 25.1 Å². The summed E-state index contributed by atoms with van der Waals surface area (Å²) in [4.78, 5) is 15.3. The quantitative estimate of drug-likeness (QED) is 0.828. The number of nitrogens with two attached hydrogens (primary N) is 1. The summed E-state index contributed by atoms with van der Waals surface area (Å²) in [5.41, 5.74) is 6.79. The highest BCUT2D eigenvalue weighted by atomic mass is 32.2. The van der Waals surface area contributed by atoms with Crippen LogP contribution in [0.4, 0.5) is 0 Å². The number of carbonyl (C=O) groups is 1. The number of oxazole rings is 1. The standard InChI is InChI=1S/C14H17N3O4S/c1-3-22(19,20)16-8-10-4-6-11(7-5-10)13-12(14(15)18)17-9(2)21-13/h4-7,16H,3,8H2,1-2H3,(H2,15,18). The van der Waals surface area contributed by atoms with Gasteiger partial charge in [0, 0.05) is 19.0 Å². The van der Waals surface area contributed by atoms with Gasteiger partial charge in [0.05, 0.1) is 5.75 Å². The van der Waals surface area contributed by atoms with Crippen LogP contribution in [0.25, 0.3) is 11.3 Å². The predicted octanol–water partition coefficient (Wildman–Crippen LogP) is 1.19. The molecular formula is C14H17N3O4S. The maximum absolute atomic E-state index is 11.4. The molecule has 0 fully saturated rings. The molecule has 118 valence electrons. The van der Waals surface area contributed by atoms with E-state index in [1.165, 1.54) is 0 Å². The molecule has 0 aliphatic carbocycles. The molecule has 0 bridgehead atoms. The largest absolute Gasteiger partial charge is 0.440 e. The van der Waals surface area contributed by atoms with E-state index < -0.39 is 15.9 Å². The first-order valence-electron chi connectivity index (χ1n) is 6.66. The number of aryl methyl sites for hydroxylation is 1. The molecule has 0 saturated heterocycles. The van der Waals surface area contributed by atoms with E-state index in [0.29, 0.717) is 17.2 Å². The third-order valence-corrected chi connectivity index (χ3v) is 4.40. The lowest BCUT2D eigenvalue weighted by molar-refractivity contribution is 0.0996. The van der Waals surface area contributed by atoms with Crippen LogP contribution in [0.1, 0.15) is 28.9 Å². The molecule has 3 N–H and O–H groups in total. The van der Waals surface area contributed by atoms with E-state index in [1.54, 1.807) is 38.1 Å². The summed E-state index contributed by atoms with van der Waals surface area (Å²) in [6.45, 7) is 3.40. The number of sulfonamides is 1. The van der Waals surface area contributed by atoms with Crippen molar-refractivity contribution in [1.29, 1.82) is 0 Å². The molecular weight excluding hydrogens is 306 g/mol. The lowest BCUT2D eigenvalue weighted by atomic mass is 10.1. The van der Waals surface area contributed by atoms with Gasteiger partial charge in [-0.05, 0) is 12.5 Å². The zero-order valence-electron chi connectivity index (χ0n) is 12.3. The second-order valence-electron chi connectivity index (χ2n) is 4.70. The van der Waals surface area contributed by atoms with Gasteiger partial charge in [0.15, 0.2) is 17.3 Å². The Kier molecular flexibility index (Phi) is 4.62. The highest BCUT2D eigenvalue weighted by molar-refractivity contribution is 7.89. The Bertz CT molecular complexity index is 779. The summed E-state index contributed by atoms with van der Waals surface area (Å²) in [7, 11) is -3.23. The van der Waals surface area contributed by atoms with Gasteiger partial charge in [0.1, 0.15) is 0 Å². The maximum atomic E-state index is 11.4. The number of hydrogen-bond donors (Lipinski definition) is 2. The fraction of sp³-hybridized carbons (Fsp3) is 0.286. The van der Waals surface area contributed by atoms with Crippen LogP contribution in [0.2, 0.25) is 0 Å². The van der Waals surface area contributed by atoms with Gasteiger partial charge in [0.2, 0.25) is 10.0 Å². The first-order valence-corrected chi connectivity index (χ1v) is 8.31. The minimum Gasteiger partial charge on any atom is -0.440 e.